The topological polar surface area (TPSA) is 58.6 Å². The quantitative estimate of drug-likeness (QED) is 0.854. The average Bonchev–Trinajstić information content (AvgIpc) is 2.54. The minimum absolute atomic E-state index is 0.0142. The highest BCUT2D eigenvalue weighted by Crippen LogP contribution is 2.21. The van der Waals surface area contributed by atoms with Gasteiger partial charge in [-0.3, -0.25) is 4.90 Å². The normalized spacial score (nSPS) is 17.6. The van der Waals surface area contributed by atoms with Crippen molar-refractivity contribution in [2.45, 2.75) is 30.7 Å². The molecule has 23 heavy (non-hydrogen) atoms. The average molecular weight is 348 g/mol. The van der Waals surface area contributed by atoms with Gasteiger partial charge in [-0.05, 0) is 26.0 Å². The van der Waals surface area contributed by atoms with E-state index in [4.69, 9.17) is 4.74 Å². The van der Waals surface area contributed by atoms with Crippen LogP contribution in [0.15, 0.2) is 29.2 Å². The molecule has 0 aromatic heterocycles. The number of sulfonamides is 1. The Balaban J connectivity index is 2.02. The standard InChI is InChI=1S/C15H22F2N2O3S/c1-15(2,19-7-9-22-10-8-19)11-18-23(20,21)13-5-3-12(4-6-13)14(16)17/h3-6,14,18H,7-11H2,1-2H3. The molecule has 1 aromatic carbocycles. The molecule has 8 heteroatoms. The number of benzene rings is 1. The van der Waals surface area contributed by atoms with Crippen molar-refractivity contribution in [1.82, 2.24) is 9.62 Å². The molecule has 0 spiro atoms. The second kappa shape index (κ2) is 7.21. The number of hydrogen-bond acceptors (Lipinski definition) is 4. The van der Waals surface area contributed by atoms with Crippen LogP contribution in [0.1, 0.15) is 25.8 Å². The Hall–Kier alpha value is -1.09. The number of ether oxygens (including phenoxy) is 1. The summed E-state index contributed by atoms with van der Waals surface area (Å²) in [6.07, 6.45) is -2.61. The Morgan fingerprint density at radius 1 is 1.22 bits per heavy atom. The summed E-state index contributed by atoms with van der Waals surface area (Å²) in [5, 5.41) is 0. The van der Waals surface area contributed by atoms with Gasteiger partial charge >= 0.3 is 0 Å². The van der Waals surface area contributed by atoms with Gasteiger partial charge < -0.3 is 4.74 Å². The van der Waals surface area contributed by atoms with Crippen LogP contribution in [0.3, 0.4) is 0 Å². The van der Waals surface area contributed by atoms with Crippen LogP contribution >= 0.6 is 0 Å². The molecule has 0 saturated carbocycles. The third-order valence-corrected chi connectivity index (χ3v) is 5.42. The molecule has 0 amide bonds. The monoisotopic (exact) mass is 348 g/mol. The minimum atomic E-state index is -3.73. The van der Waals surface area contributed by atoms with Gasteiger partial charge in [0, 0.05) is 30.7 Å². The summed E-state index contributed by atoms with van der Waals surface area (Å²) < 4.78 is 57.5. The summed E-state index contributed by atoms with van der Waals surface area (Å²) in [5.74, 6) is 0. The molecule has 5 nitrogen and oxygen atoms in total. The maximum Gasteiger partial charge on any atom is 0.263 e. The molecule has 1 heterocycles. The Morgan fingerprint density at radius 3 is 2.30 bits per heavy atom. The van der Waals surface area contributed by atoms with E-state index in [0.29, 0.717) is 13.2 Å². The fourth-order valence-corrected chi connectivity index (χ4v) is 3.63. The van der Waals surface area contributed by atoms with Gasteiger partial charge in [0.1, 0.15) is 0 Å². The number of rotatable bonds is 6. The van der Waals surface area contributed by atoms with E-state index in [1.54, 1.807) is 0 Å². The van der Waals surface area contributed by atoms with Gasteiger partial charge in [0.05, 0.1) is 18.1 Å². The number of halogens is 2. The van der Waals surface area contributed by atoms with Crippen LogP contribution in [-0.2, 0) is 14.8 Å². The lowest BCUT2D eigenvalue weighted by atomic mass is 10.0. The van der Waals surface area contributed by atoms with E-state index in [2.05, 4.69) is 9.62 Å². The van der Waals surface area contributed by atoms with Crippen LogP contribution in [0, 0.1) is 0 Å². The van der Waals surface area contributed by atoms with Crippen molar-refractivity contribution in [2.75, 3.05) is 32.8 Å². The van der Waals surface area contributed by atoms with Gasteiger partial charge in [0.2, 0.25) is 10.0 Å². The van der Waals surface area contributed by atoms with Crippen LogP contribution in [0.4, 0.5) is 8.78 Å². The second-order valence-corrected chi connectivity index (χ2v) is 7.87. The van der Waals surface area contributed by atoms with Crippen molar-refractivity contribution < 1.29 is 21.9 Å². The first kappa shape index (κ1) is 18.3. The van der Waals surface area contributed by atoms with Crippen LogP contribution in [0.2, 0.25) is 0 Å². The van der Waals surface area contributed by atoms with E-state index >= 15 is 0 Å². The molecule has 1 N–H and O–H groups in total. The molecule has 2 rings (SSSR count). The van der Waals surface area contributed by atoms with Gasteiger partial charge in [-0.1, -0.05) is 12.1 Å². The van der Waals surface area contributed by atoms with Crippen molar-refractivity contribution in [3.63, 3.8) is 0 Å². The predicted molar refractivity (Wildman–Crippen MR) is 83.1 cm³/mol. The lowest BCUT2D eigenvalue weighted by molar-refractivity contribution is -0.00803. The first-order valence-corrected chi connectivity index (χ1v) is 8.91. The van der Waals surface area contributed by atoms with Gasteiger partial charge in [0.15, 0.2) is 0 Å². The fourth-order valence-electron chi connectivity index (χ4n) is 2.43. The summed E-state index contributed by atoms with van der Waals surface area (Å²) in [6, 6.07) is 4.66. The van der Waals surface area contributed by atoms with Crippen molar-refractivity contribution in [3.8, 4) is 0 Å². The lowest BCUT2D eigenvalue weighted by Gasteiger charge is -2.40. The van der Waals surface area contributed by atoms with Crippen LogP contribution in [0.25, 0.3) is 0 Å². The molecular formula is C15H22F2N2O3S. The highest BCUT2D eigenvalue weighted by Gasteiger charge is 2.30. The summed E-state index contributed by atoms with van der Waals surface area (Å²) in [4.78, 5) is 2.15. The highest BCUT2D eigenvalue weighted by atomic mass is 32.2. The second-order valence-electron chi connectivity index (χ2n) is 6.11. The fraction of sp³-hybridized carbons (Fsp3) is 0.600. The van der Waals surface area contributed by atoms with Crippen LogP contribution < -0.4 is 4.72 Å². The molecule has 0 radical (unpaired) electrons. The lowest BCUT2D eigenvalue weighted by Crippen LogP contribution is -2.55. The minimum Gasteiger partial charge on any atom is -0.379 e. The molecule has 0 aliphatic carbocycles. The zero-order chi connectivity index (χ0) is 17.1. The van der Waals surface area contributed by atoms with Gasteiger partial charge in [0.25, 0.3) is 6.43 Å². The molecule has 1 saturated heterocycles. The zero-order valence-corrected chi connectivity index (χ0v) is 14.1. The van der Waals surface area contributed by atoms with E-state index < -0.39 is 16.4 Å². The van der Waals surface area contributed by atoms with Crippen molar-refractivity contribution >= 4 is 10.0 Å². The summed E-state index contributed by atoms with van der Waals surface area (Å²) >= 11 is 0. The van der Waals surface area contributed by atoms with E-state index in [9.17, 15) is 17.2 Å². The van der Waals surface area contributed by atoms with Crippen LogP contribution in [-0.4, -0.2) is 51.7 Å². The number of nitrogens with one attached hydrogen (secondary N) is 1. The first-order valence-electron chi connectivity index (χ1n) is 7.43. The first-order chi connectivity index (χ1) is 10.7. The van der Waals surface area contributed by atoms with E-state index in [1.807, 2.05) is 13.8 Å². The molecule has 1 aliphatic heterocycles. The number of hydrogen-bond donors (Lipinski definition) is 1. The largest absolute Gasteiger partial charge is 0.379 e. The van der Waals surface area contributed by atoms with Gasteiger partial charge in [-0.15, -0.1) is 0 Å². The van der Waals surface area contributed by atoms with Gasteiger partial charge in [-0.25, -0.2) is 21.9 Å². The molecular weight excluding hydrogens is 326 g/mol. The van der Waals surface area contributed by atoms with Crippen molar-refractivity contribution in [3.05, 3.63) is 29.8 Å². The molecule has 1 aliphatic rings. The van der Waals surface area contributed by atoms with Crippen molar-refractivity contribution in [2.24, 2.45) is 0 Å². The zero-order valence-electron chi connectivity index (χ0n) is 13.3. The SMILES string of the molecule is CC(C)(CNS(=O)(=O)c1ccc(C(F)F)cc1)N1CCOCC1. The Bertz CT molecular complexity index is 612. The third-order valence-electron chi connectivity index (χ3n) is 4.00. The Kier molecular flexibility index (Phi) is 5.72. The number of nitrogens with zero attached hydrogens (tertiary/aromatic N) is 1. The van der Waals surface area contributed by atoms with E-state index in [1.165, 1.54) is 12.1 Å². The summed E-state index contributed by atoms with van der Waals surface area (Å²) in [6.45, 7) is 6.90. The molecule has 1 fully saturated rings. The predicted octanol–water partition coefficient (Wildman–Crippen LogP) is 2.01. The van der Waals surface area contributed by atoms with E-state index in [-0.39, 0.29) is 22.5 Å². The van der Waals surface area contributed by atoms with Gasteiger partial charge in [-0.2, -0.15) is 0 Å². The highest BCUT2D eigenvalue weighted by molar-refractivity contribution is 7.89. The van der Waals surface area contributed by atoms with Crippen molar-refractivity contribution in [1.29, 1.82) is 0 Å². The number of alkyl halides is 2. The molecule has 0 atom stereocenters. The maximum absolute atomic E-state index is 12.5. The van der Waals surface area contributed by atoms with E-state index in [0.717, 1.165) is 25.2 Å². The number of morpholine rings is 1. The Morgan fingerprint density at radius 2 is 1.78 bits per heavy atom. The Labute approximate surface area is 135 Å². The summed E-state index contributed by atoms with van der Waals surface area (Å²) in [5.41, 5.74) is -0.558. The molecule has 0 bridgehead atoms. The maximum atomic E-state index is 12.5. The molecule has 130 valence electrons. The smallest absolute Gasteiger partial charge is 0.263 e. The molecule has 1 aromatic rings. The third kappa shape index (κ3) is 4.69. The summed E-state index contributed by atoms with van der Waals surface area (Å²) in [7, 11) is -3.73. The van der Waals surface area contributed by atoms with Crippen LogP contribution in [0.5, 0.6) is 0 Å². The molecule has 0 unspecified atom stereocenters.